The Balaban J connectivity index is 2.37. The summed E-state index contributed by atoms with van der Waals surface area (Å²) in [5.41, 5.74) is -0.636. The van der Waals surface area contributed by atoms with Gasteiger partial charge < -0.3 is 14.2 Å². The van der Waals surface area contributed by atoms with Crippen LogP contribution in [-0.4, -0.2) is 38.5 Å². The first-order valence-electron chi connectivity index (χ1n) is 5.79. The van der Waals surface area contributed by atoms with Crippen LogP contribution < -0.4 is 4.74 Å². The molecule has 0 atom stereocenters. The third kappa shape index (κ3) is 5.19. The standard InChI is InChI=1S/C12H16FNO5/c1-17-8-9-18-6-3-7-19-11-5-2-4-10(13)12(11)14(15)16/h2,4-5H,3,6-9H2,1H3. The van der Waals surface area contributed by atoms with Gasteiger partial charge in [-0.25, -0.2) is 0 Å². The maximum atomic E-state index is 13.3. The average molecular weight is 273 g/mol. The predicted molar refractivity (Wildman–Crippen MR) is 65.9 cm³/mol. The minimum Gasteiger partial charge on any atom is -0.487 e. The molecule has 1 aromatic rings. The van der Waals surface area contributed by atoms with Crippen molar-refractivity contribution in [3.63, 3.8) is 0 Å². The molecule has 0 fully saturated rings. The van der Waals surface area contributed by atoms with E-state index in [1.165, 1.54) is 12.1 Å². The fourth-order valence-electron chi connectivity index (χ4n) is 1.38. The van der Waals surface area contributed by atoms with Crippen LogP contribution in [0.3, 0.4) is 0 Å². The molecule has 0 N–H and O–H groups in total. The van der Waals surface area contributed by atoms with Crippen LogP contribution in [0.4, 0.5) is 10.1 Å². The molecule has 0 aliphatic heterocycles. The molecule has 6 nitrogen and oxygen atoms in total. The van der Waals surface area contributed by atoms with Crippen molar-refractivity contribution in [3.8, 4) is 5.75 Å². The van der Waals surface area contributed by atoms with Gasteiger partial charge in [-0.05, 0) is 12.1 Å². The number of methoxy groups -OCH3 is 1. The van der Waals surface area contributed by atoms with Gasteiger partial charge in [0.1, 0.15) is 0 Å². The van der Waals surface area contributed by atoms with Gasteiger partial charge in [0.05, 0.1) is 24.7 Å². The van der Waals surface area contributed by atoms with Crippen molar-refractivity contribution in [1.29, 1.82) is 0 Å². The molecule has 0 spiro atoms. The predicted octanol–water partition coefficient (Wildman–Crippen LogP) is 2.17. The number of benzene rings is 1. The zero-order valence-corrected chi connectivity index (χ0v) is 10.6. The summed E-state index contributed by atoms with van der Waals surface area (Å²) in [6, 6.07) is 3.76. The minimum absolute atomic E-state index is 0.0677. The Hall–Kier alpha value is -1.73. The lowest BCUT2D eigenvalue weighted by Crippen LogP contribution is -2.07. The van der Waals surface area contributed by atoms with Crippen molar-refractivity contribution in [2.75, 3.05) is 33.5 Å². The Bertz CT molecular complexity index is 413. The summed E-state index contributed by atoms with van der Waals surface area (Å²) in [5.74, 6) is -0.972. The van der Waals surface area contributed by atoms with E-state index in [-0.39, 0.29) is 12.4 Å². The second-order valence-corrected chi connectivity index (χ2v) is 3.65. The molecule has 1 rings (SSSR count). The highest BCUT2D eigenvalue weighted by molar-refractivity contribution is 5.47. The number of nitro benzene ring substituents is 1. The van der Waals surface area contributed by atoms with Crippen LogP contribution in [0.25, 0.3) is 0 Å². The number of nitrogens with zero attached hydrogens (tertiary/aromatic N) is 1. The van der Waals surface area contributed by atoms with E-state index in [4.69, 9.17) is 14.2 Å². The summed E-state index contributed by atoms with van der Waals surface area (Å²) in [6.45, 7) is 1.66. The Morgan fingerprint density at radius 3 is 2.74 bits per heavy atom. The fourth-order valence-corrected chi connectivity index (χ4v) is 1.38. The monoisotopic (exact) mass is 273 g/mol. The van der Waals surface area contributed by atoms with Gasteiger partial charge in [0.2, 0.25) is 5.82 Å². The molecule has 0 heterocycles. The second-order valence-electron chi connectivity index (χ2n) is 3.65. The summed E-state index contributed by atoms with van der Waals surface area (Å²) in [6.07, 6.45) is 0.553. The first-order chi connectivity index (χ1) is 9.16. The van der Waals surface area contributed by atoms with E-state index < -0.39 is 16.4 Å². The van der Waals surface area contributed by atoms with Crippen LogP contribution in [0.1, 0.15) is 6.42 Å². The molecule has 0 saturated carbocycles. The highest BCUT2D eigenvalue weighted by atomic mass is 19.1. The number of nitro groups is 1. The third-order valence-electron chi connectivity index (χ3n) is 2.25. The van der Waals surface area contributed by atoms with Crippen molar-refractivity contribution >= 4 is 5.69 Å². The van der Waals surface area contributed by atoms with E-state index >= 15 is 0 Å². The van der Waals surface area contributed by atoms with Crippen LogP contribution in [-0.2, 0) is 9.47 Å². The maximum Gasteiger partial charge on any atom is 0.346 e. The number of ether oxygens (including phenoxy) is 3. The molecule has 0 aromatic heterocycles. The van der Waals surface area contributed by atoms with Crippen LogP contribution in [0.15, 0.2) is 18.2 Å². The highest BCUT2D eigenvalue weighted by Gasteiger charge is 2.20. The zero-order valence-electron chi connectivity index (χ0n) is 10.6. The SMILES string of the molecule is COCCOCCCOc1cccc(F)c1[N+](=O)[O-]. The summed E-state index contributed by atoms with van der Waals surface area (Å²) in [5, 5.41) is 10.7. The van der Waals surface area contributed by atoms with Gasteiger partial charge in [0.25, 0.3) is 0 Å². The summed E-state index contributed by atoms with van der Waals surface area (Å²) >= 11 is 0. The molecule has 19 heavy (non-hydrogen) atoms. The van der Waals surface area contributed by atoms with Gasteiger partial charge in [-0.3, -0.25) is 10.1 Å². The van der Waals surface area contributed by atoms with Crippen LogP contribution in [0, 0.1) is 15.9 Å². The fraction of sp³-hybridized carbons (Fsp3) is 0.500. The van der Waals surface area contributed by atoms with Gasteiger partial charge in [-0.15, -0.1) is 0 Å². The average Bonchev–Trinajstić information content (AvgIpc) is 2.37. The number of hydrogen-bond donors (Lipinski definition) is 0. The lowest BCUT2D eigenvalue weighted by Gasteiger charge is -2.07. The van der Waals surface area contributed by atoms with Gasteiger partial charge in [-0.2, -0.15) is 4.39 Å². The van der Waals surface area contributed by atoms with Crippen molar-refractivity contribution in [2.45, 2.75) is 6.42 Å². The van der Waals surface area contributed by atoms with Gasteiger partial charge in [-0.1, -0.05) is 6.07 Å². The van der Waals surface area contributed by atoms with E-state index in [1.807, 2.05) is 0 Å². The Kier molecular flexibility index (Phi) is 6.76. The largest absolute Gasteiger partial charge is 0.487 e. The van der Waals surface area contributed by atoms with E-state index in [0.29, 0.717) is 26.2 Å². The molecule has 0 amide bonds. The summed E-state index contributed by atoms with van der Waals surface area (Å²) < 4.78 is 28.4. The molecule has 106 valence electrons. The van der Waals surface area contributed by atoms with Gasteiger partial charge in [0, 0.05) is 20.1 Å². The first-order valence-corrected chi connectivity index (χ1v) is 5.79. The lowest BCUT2D eigenvalue weighted by atomic mass is 10.3. The van der Waals surface area contributed by atoms with E-state index in [2.05, 4.69) is 0 Å². The molecule has 7 heteroatoms. The molecule has 1 aromatic carbocycles. The topological polar surface area (TPSA) is 70.8 Å². The van der Waals surface area contributed by atoms with Crippen LogP contribution in [0.5, 0.6) is 5.75 Å². The normalized spacial score (nSPS) is 10.4. The molecular formula is C12H16FNO5. The lowest BCUT2D eigenvalue weighted by molar-refractivity contribution is -0.388. The van der Waals surface area contributed by atoms with Crippen molar-refractivity contribution in [2.24, 2.45) is 0 Å². The number of halogens is 1. The molecule has 0 aliphatic rings. The number of hydrogen-bond acceptors (Lipinski definition) is 5. The number of para-hydroxylation sites is 1. The zero-order chi connectivity index (χ0) is 14.1. The molecule has 0 unspecified atom stereocenters. The van der Waals surface area contributed by atoms with E-state index in [1.54, 1.807) is 7.11 Å². The number of rotatable bonds is 9. The maximum absolute atomic E-state index is 13.3. The third-order valence-corrected chi connectivity index (χ3v) is 2.25. The van der Waals surface area contributed by atoms with Gasteiger partial charge in [0.15, 0.2) is 5.75 Å². The second kappa shape index (κ2) is 8.39. The first kappa shape index (κ1) is 15.3. The molecule has 0 radical (unpaired) electrons. The minimum atomic E-state index is -0.904. The van der Waals surface area contributed by atoms with Crippen molar-refractivity contribution < 1.29 is 23.5 Å². The molecule has 0 saturated heterocycles. The Labute approximate surface area is 110 Å². The molecular weight excluding hydrogens is 257 g/mol. The Morgan fingerprint density at radius 2 is 2.05 bits per heavy atom. The van der Waals surface area contributed by atoms with Crippen molar-refractivity contribution in [3.05, 3.63) is 34.1 Å². The molecule has 0 aliphatic carbocycles. The smallest absolute Gasteiger partial charge is 0.346 e. The van der Waals surface area contributed by atoms with Crippen molar-refractivity contribution in [1.82, 2.24) is 0 Å². The van der Waals surface area contributed by atoms with Crippen LogP contribution in [0.2, 0.25) is 0 Å². The summed E-state index contributed by atoms with van der Waals surface area (Å²) in [4.78, 5) is 9.90. The quantitative estimate of drug-likeness (QED) is 0.392. The van der Waals surface area contributed by atoms with Crippen LogP contribution >= 0.6 is 0 Å². The van der Waals surface area contributed by atoms with E-state index in [9.17, 15) is 14.5 Å². The highest BCUT2D eigenvalue weighted by Crippen LogP contribution is 2.29. The summed E-state index contributed by atoms with van der Waals surface area (Å²) in [7, 11) is 1.58. The van der Waals surface area contributed by atoms with Gasteiger partial charge >= 0.3 is 5.69 Å². The van der Waals surface area contributed by atoms with E-state index in [0.717, 1.165) is 6.07 Å². The Morgan fingerprint density at radius 1 is 1.26 bits per heavy atom. The molecule has 0 bridgehead atoms.